The summed E-state index contributed by atoms with van der Waals surface area (Å²) in [6.07, 6.45) is -4.74. The topological polar surface area (TPSA) is 37.8 Å². The summed E-state index contributed by atoms with van der Waals surface area (Å²) in [5, 5.41) is 2.17. The maximum absolute atomic E-state index is 13.1. The molecule has 0 atom stereocenters. The Balaban J connectivity index is 2.36. The van der Waals surface area contributed by atoms with E-state index < -0.39 is 23.0 Å². The number of benzene rings is 1. The molecular weight excluding hydrogens is 321 g/mol. The van der Waals surface area contributed by atoms with Gasteiger partial charge in [0.25, 0.3) is 0 Å². The second kappa shape index (κ2) is 5.41. The molecule has 0 bridgehead atoms. The minimum Gasteiger partial charge on any atom is -0.340 e. The van der Waals surface area contributed by atoms with E-state index in [0.717, 1.165) is 18.2 Å². The number of nitrogens with zero attached hydrogens (tertiary/aromatic N) is 2. The summed E-state index contributed by atoms with van der Waals surface area (Å²) in [5.41, 5.74) is 0.137. The number of aromatic nitrogens is 2. The van der Waals surface area contributed by atoms with Crippen molar-refractivity contribution in [3.63, 3.8) is 0 Å². The van der Waals surface area contributed by atoms with Gasteiger partial charge in [0.05, 0.1) is 0 Å². The predicted molar refractivity (Wildman–Crippen MR) is 66.7 cm³/mol. The van der Waals surface area contributed by atoms with Gasteiger partial charge in [0.2, 0.25) is 5.82 Å². The molecule has 0 fully saturated rings. The average Bonchev–Trinajstić information content (AvgIpc) is 2.25. The van der Waals surface area contributed by atoms with E-state index in [4.69, 9.17) is 23.2 Å². The standard InChI is InChI=1S/C11H5Cl2F4N3/c12-5-1-6(14)3-7(2-5)18-9-4-8(13)19-10(20-9)11(15,16)17/h1-4H,(H,18,19,20). The Kier molecular flexibility index (Phi) is 4.01. The molecule has 0 spiro atoms. The third-order valence-corrected chi connectivity index (χ3v) is 2.50. The van der Waals surface area contributed by atoms with Gasteiger partial charge in [-0.25, -0.2) is 14.4 Å². The SMILES string of the molecule is Fc1cc(Cl)cc(Nc2cc(Cl)nc(C(F)(F)F)n2)c1. The minimum atomic E-state index is -4.74. The van der Waals surface area contributed by atoms with Crippen molar-refractivity contribution in [1.82, 2.24) is 9.97 Å². The molecule has 3 nitrogen and oxygen atoms in total. The van der Waals surface area contributed by atoms with E-state index in [1.165, 1.54) is 6.07 Å². The lowest BCUT2D eigenvalue weighted by atomic mass is 10.3. The van der Waals surface area contributed by atoms with Crippen molar-refractivity contribution < 1.29 is 17.6 Å². The number of anilines is 2. The van der Waals surface area contributed by atoms with E-state index >= 15 is 0 Å². The van der Waals surface area contributed by atoms with E-state index in [0.29, 0.717) is 0 Å². The van der Waals surface area contributed by atoms with E-state index in [9.17, 15) is 17.6 Å². The quantitative estimate of drug-likeness (QED) is 0.643. The number of hydrogen-bond acceptors (Lipinski definition) is 3. The lowest BCUT2D eigenvalue weighted by molar-refractivity contribution is -0.144. The highest BCUT2D eigenvalue weighted by Gasteiger charge is 2.35. The lowest BCUT2D eigenvalue weighted by Crippen LogP contribution is -2.12. The monoisotopic (exact) mass is 325 g/mol. The van der Waals surface area contributed by atoms with Crippen molar-refractivity contribution in [2.45, 2.75) is 6.18 Å². The molecule has 0 saturated heterocycles. The van der Waals surface area contributed by atoms with Crippen LogP contribution in [0.15, 0.2) is 24.3 Å². The smallest absolute Gasteiger partial charge is 0.340 e. The van der Waals surface area contributed by atoms with Crippen LogP contribution in [0.5, 0.6) is 0 Å². The zero-order valence-corrected chi connectivity index (χ0v) is 11.0. The fraction of sp³-hybridized carbons (Fsp3) is 0.0909. The van der Waals surface area contributed by atoms with Crippen LogP contribution in [-0.2, 0) is 6.18 Å². The zero-order chi connectivity index (χ0) is 14.9. The van der Waals surface area contributed by atoms with Crippen molar-refractivity contribution >= 4 is 34.7 Å². The second-order valence-electron chi connectivity index (χ2n) is 3.68. The highest BCUT2D eigenvalue weighted by molar-refractivity contribution is 6.31. The molecule has 0 aliphatic rings. The maximum atomic E-state index is 13.1. The third-order valence-electron chi connectivity index (χ3n) is 2.08. The molecule has 2 rings (SSSR count). The molecule has 0 saturated carbocycles. The molecule has 1 aromatic carbocycles. The van der Waals surface area contributed by atoms with Gasteiger partial charge in [-0.1, -0.05) is 23.2 Å². The summed E-state index contributed by atoms with van der Waals surface area (Å²) in [6, 6.07) is 4.51. The Morgan fingerprint density at radius 1 is 1.00 bits per heavy atom. The minimum absolute atomic E-state index is 0.0868. The number of alkyl halides is 3. The summed E-state index contributed by atoms with van der Waals surface area (Å²) >= 11 is 11.1. The normalized spacial score (nSPS) is 11.5. The Morgan fingerprint density at radius 3 is 2.30 bits per heavy atom. The largest absolute Gasteiger partial charge is 0.451 e. The van der Waals surface area contributed by atoms with Gasteiger partial charge in [0.15, 0.2) is 0 Å². The molecular formula is C11H5Cl2F4N3. The van der Waals surface area contributed by atoms with Crippen LogP contribution in [0.2, 0.25) is 10.2 Å². The summed E-state index contributed by atoms with van der Waals surface area (Å²) in [5.74, 6) is -2.26. The molecule has 1 aromatic heterocycles. The predicted octanol–water partition coefficient (Wildman–Crippen LogP) is 4.68. The molecule has 0 unspecified atom stereocenters. The van der Waals surface area contributed by atoms with Crippen molar-refractivity contribution in [2.75, 3.05) is 5.32 Å². The molecule has 0 radical (unpaired) electrons. The van der Waals surface area contributed by atoms with Crippen molar-refractivity contribution in [3.8, 4) is 0 Å². The van der Waals surface area contributed by atoms with E-state index in [1.54, 1.807) is 0 Å². The van der Waals surface area contributed by atoms with E-state index in [2.05, 4.69) is 15.3 Å². The molecule has 2 aromatic rings. The van der Waals surface area contributed by atoms with Crippen LogP contribution >= 0.6 is 23.2 Å². The maximum Gasteiger partial charge on any atom is 0.451 e. The molecule has 1 heterocycles. The van der Waals surface area contributed by atoms with Gasteiger partial charge in [-0.05, 0) is 18.2 Å². The van der Waals surface area contributed by atoms with Crippen LogP contribution in [0.1, 0.15) is 5.82 Å². The zero-order valence-electron chi connectivity index (χ0n) is 9.47. The Bertz CT molecular complexity index is 626. The third kappa shape index (κ3) is 3.71. The first-order chi connectivity index (χ1) is 9.24. The van der Waals surface area contributed by atoms with Crippen molar-refractivity contribution in [2.24, 2.45) is 0 Å². The molecule has 0 aliphatic carbocycles. The molecule has 0 amide bonds. The van der Waals surface area contributed by atoms with Crippen LogP contribution in [0.25, 0.3) is 0 Å². The van der Waals surface area contributed by atoms with Gasteiger partial charge in [0.1, 0.15) is 16.8 Å². The van der Waals surface area contributed by atoms with Gasteiger partial charge in [-0.15, -0.1) is 0 Å². The van der Waals surface area contributed by atoms with Gasteiger partial charge in [-0.3, -0.25) is 0 Å². The van der Waals surface area contributed by atoms with Gasteiger partial charge in [-0.2, -0.15) is 13.2 Å². The van der Waals surface area contributed by atoms with Crippen molar-refractivity contribution in [1.29, 1.82) is 0 Å². The first-order valence-corrected chi connectivity index (χ1v) is 5.84. The highest BCUT2D eigenvalue weighted by Crippen LogP contribution is 2.29. The number of nitrogens with one attached hydrogen (secondary N) is 1. The Hall–Kier alpha value is -1.60. The van der Waals surface area contributed by atoms with Crippen LogP contribution in [0.3, 0.4) is 0 Å². The summed E-state index contributed by atoms with van der Waals surface area (Å²) in [4.78, 5) is 6.33. The Morgan fingerprint density at radius 2 is 1.70 bits per heavy atom. The summed E-state index contributed by atoms with van der Waals surface area (Å²) < 4.78 is 50.7. The van der Waals surface area contributed by atoms with Gasteiger partial charge >= 0.3 is 6.18 Å². The first kappa shape index (κ1) is 14.8. The summed E-state index contributed by atoms with van der Waals surface area (Å²) in [7, 11) is 0. The number of rotatable bonds is 2. The molecule has 0 aliphatic heterocycles. The average molecular weight is 326 g/mol. The van der Waals surface area contributed by atoms with E-state index in [1.807, 2.05) is 0 Å². The van der Waals surface area contributed by atoms with Gasteiger partial charge < -0.3 is 5.32 Å². The lowest BCUT2D eigenvalue weighted by Gasteiger charge is -2.10. The number of hydrogen-bond donors (Lipinski definition) is 1. The Labute approximate surface area is 120 Å². The van der Waals surface area contributed by atoms with Gasteiger partial charge in [0, 0.05) is 16.8 Å². The highest BCUT2D eigenvalue weighted by atomic mass is 35.5. The van der Waals surface area contributed by atoms with E-state index in [-0.39, 0.29) is 16.5 Å². The van der Waals surface area contributed by atoms with Crippen LogP contribution in [0, 0.1) is 5.82 Å². The molecule has 9 heteroatoms. The van der Waals surface area contributed by atoms with Crippen molar-refractivity contribution in [3.05, 3.63) is 46.1 Å². The van der Waals surface area contributed by atoms with Crippen LogP contribution in [-0.4, -0.2) is 9.97 Å². The number of halogens is 6. The molecule has 1 N–H and O–H groups in total. The fourth-order valence-electron chi connectivity index (χ4n) is 1.38. The van der Waals surface area contributed by atoms with Crippen LogP contribution < -0.4 is 5.32 Å². The second-order valence-corrected chi connectivity index (χ2v) is 4.50. The molecule has 20 heavy (non-hydrogen) atoms. The summed E-state index contributed by atoms with van der Waals surface area (Å²) in [6.45, 7) is 0. The first-order valence-electron chi connectivity index (χ1n) is 5.09. The fourth-order valence-corrected chi connectivity index (χ4v) is 1.79. The molecule has 106 valence electrons. The van der Waals surface area contributed by atoms with Crippen LogP contribution in [0.4, 0.5) is 29.1 Å².